The quantitative estimate of drug-likeness (QED) is 0.0651. The molecule has 14 nitrogen and oxygen atoms in total. The smallest absolute Gasteiger partial charge is 0.261 e. The largest absolute Gasteiger partial charge is 0.381 e. The second kappa shape index (κ2) is 39.7. The van der Waals surface area contributed by atoms with Gasteiger partial charge in [0.25, 0.3) is 5.91 Å². The highest BCUT2D eigenvalue weighted by Crippen LogP contribution is 2.44. The van der Waals surface area contributed by atoms with Crippen molar-refractivity contribution in [2.75, 3.05) is 16.0 Å². The van der Waals surface area contributed by atoms with Crippen LogP contribution < -0.4 is 16.0 Å². The van der Waals surface area contributed by atoms with E-state index in [9.17, 15) is 44.7 Å². The Morgan fingerprint density at radius 2 is 0.720 bits per heavy atom. The Bertz CT molecular complexity index is 6340. The predicted octanol–water partition coefficient (Wildman–Crippen LogP) is 24.6. The molecule has 20 rings (SSSR count). The molecule has 27 heteroatoms. The van der Waals surface area contributed by atoms with Crippen LogP contribution in [0.15, 0.2) is 250 Å². The van der Waals surface area contributed by atoms with Crippen molar-refractivity contribution in [3.05, 3.63) is 367 Å². The van der Waals surface area contributed by atoms with Crippen LogP contribution in [0.5, 0.6) is 0 Å². The number of aryl methyl sites for hydroxylation is 8. The molecule has 0 saturated carbocycles. The number of fused-ring (bicyclic) bond motifs is 12. The molecule has 4 aliphatic carbocycles. The Labute approximate surface area is 739 Å². The molecule has 628 valence electrons. The molecule has 0 bridgehead atoms. The van der Waals surface area contributed by atoms with E-state index in [0.717, 1.165) is 212 Å². The number of anilines is 3. The number of amides is 1. The number of halogens is 10. The van der Waals surface area contributed by atoms with Crippen molar-refractivity contribution in [3.63, 3.8) is 0 Å². The molecule has 125 heavy (non-hydrogen) atoms. The summed E-state index contributed by atoms with van der Waals surface area (Å²) in [6.45, 7) is 0.203. The molecule has 0 aliphatic heterocycles. The number of aromatic nitrogens is 9. The number of hydrogen-bond acceptors (Lipinski definition) is 16. The lowest BCUT2D eigenvalue weighted by Crippen LogP contribution is -2.16. The third kappa shape index (κ3) is 19.8. The fourth-order valence-electron chi connectivity index (χ4n) is 15.6. The number of nitrogens with one attached hydrogen (secondary N) is 3. The lowest BCUT2D eigenvalue weighted by molar-refractivity contribution is 0.0981. The monoisotopic (exact) mass is 1770 g/mol. The van der Waals surface area contributed by atoms with Crippen molar-refractivity contribution in [3.8, 4) is 87.9 Å². The first-order valence-electron chi connectivity index (χ1n) is 40.1. The van der Waals surface area contributed by atoms with E-state index in [0.29, 0.717) is 11.4 Å². The van der Waals surface area contributed by atoms with Gasteiger partial charge in [-0.2, -0.15) is 0 Å². The van der Waals surface area contributed by atoms with Crippen molar-refractivity contribution in [2.24, 2.45) is 0 Å². The second-order valence-corrected chi connectivity index (χ2v) is 33.0. The molecule has 1 amide bonds. The van der Waals surface area contributed by atoms with Crippen molar-refractivity contribution < 1.29 is 44.7 Å². The molecule has 4 aliphatic rings. The van der Waals surface area contributed by atoms with Gasteiger partial charge in [0.1, 0.15) is 67.1 Å². The highest BCUT2D eigenvalue weighted by molar-refractivity contribution is 7.16. The van der Waals surface area contributed by atoms with Gasteiger partial charge in [0.05, 0.1) is 46.1 Å². The van der Waals surface area contributed by atoms with Gasteiger partial charge in [0.2, 0.25) is 0 Å². The molecule has 8 heterocycles. The van der Waals surface area contributed by atoms with Gasteiger partial charge in [0.15, 0.2) is 5.78 Å². The number of hydrogen-bond donors (Lipinski definition) is 3. The Morgan fingerprint density at radius 1 is 0.336 bits per heavy atom. The SMILES string of the molecule is Cl.Cl.Fc1cccc(F)c1CNc1ccc2c(c1)CCCc1sc(-c3cccnc3)nc1-2.Fc1cccc(F)c1CNc1ccc2c(c1)CCCc1sc(-c3cccnc3)nc1-2.O=C(Cc1cnc2c(n1)CCCc1ccc(-c3cccnc3)cc1-2)c1c(F)cccc1F.O=C(Nc1ccc2c(c1)CCCc1sc(-c3cccnc3)nc1-2)c1c(F)cccc1F. The van der Waals surface area contributed by atoms with E-state index in [4.69, 9.17) is 15.0 Å². The highest BCUT2D eigenvalue weighted by Gasteiger charge is 2.28. The normalized spacial score (nSPS) is 12.4. The maximum absolute atomic E-state index is 14.0. The minimum Gasteiger partial charge on any atom is -0.381 e. The average molecular weight is 1770 g/mol. The summed E-state index contributed by atoms with van der Waals surface area (Å²) in [7, 11) is 0. The van der Waals surface area contributed by atoms with Gasteiger partial charge in [-0.3, -0.25) is 39.5 Å². The van der Waals surface area contributed by atoms with E-state index in [-0.39, 0.29) is 55.5 Å². The number of thiazole rings is 3. The Balaban J connectivity index is 0.000000128. The maximum atomic E-state index is 14.0. The standard InChI is InChI=1S/C26H19F2N3O.C24H17F2N3OS.2C24H19F2N3S.2ClH/c27-21-6-2-7-22(28)25(21)24(32)13-19-15-30-26-20-12-17(18-5-3-11-29-14-18)10-9-16(20)4-1-8-23(26)31-19;25-18-6-2-7-19(26)21(18)23(30)28-16-9-10-17-14(12-16)4-1-8-20-22(17)29-24(31-20)15-5-3-11-27-13-15;2*25-20-6-2-7-21(26)19(20)14-28-17-9-10-18-15(12-17)4-1-8-22-23(18)29-24(30-22)16-5-3-11-27-13-16;;/h2-3,5-7,9-12,14-15H,1,4,8,13H2;2-3,5-7,9-13H,1,4,8H2,(H,28,30);2*2-3,5-7,9-13,28H,1,4,8,14H2;2*1H. The zero-order valence-electron chi connectivity index (χ0n) is 66.7. The zero-order chi connectivity index (χ0) is 84.5. The molecule has 0 fully saturated rings. The number of pyridine rings is 4. The zero-order valence-corrected chi connectivity index (χ0v) is 70.8. The molecule has 3 N–H and O–H groups in total. The number of carbonyl (C=O) groups is 2. The first-order chi connectivity index (χ1) is 60.1. The predicted molar refractivity (Wildman–Crippen MR) is 482 cm³/mol. The summed E-state index contributed by atoms with van der Waals surface area (Å²) in [4.78, 5) is 69.6. The lowest BCUT2D eigenvalue weighted by atomic mass is 9.97. The fraction of sp³-hybridized carbons (Fsp3) is 0.153. The van der Waals surface area contributed by atoms with Crippen LogP contribution in [0.4, 0.5) is 52.2 Å². The van der Waals surface area contributed by atoms with Crippen LogP contribution in [0.2, 0.25) is 0 Å². The van der Waals surface area contributed by atoms with Crippen LogP contribution in [0.1, 0.15) is 106 Å². The van der Waals surface area contributed by atoms with Gasteiger partial charge in [-0.05, 0) is 238 Å². The van der Waals surface area contributed by atoms with Gasteiger partial charge in [0, 0.05) is 156 Å². The van der Waals surface area contributed by atoms with Crippen molar-refractivity contribution >= 4 is 87.6 Å². The average Bonchev–Trinajstić information content (AvgIpc) is 1.63. The third-order valence-corrected chi connectivity index (χ3v) is 25.1. The molecule has 8 aromatic carbocycles. The summed E-state index contributed by atoms with van der Waals surface area (Å²) >= 11 is 5.14. The van der Waals surface area contributed by atoms with Crippen LogP contribution in [0, 0.1) is 46.5 Å². The van der Waals surface area contributed by atoms with E-state index in [1.165, 1.54) is 86.0 Å². The minimum atomic E-state index is -0.887. The molecule has 0 spiro atoms. The van der Waals surface area contributed by atoms with E-state index >= 15 is 0 Å². The molecule has 0 unspecified atom stereocenters. The van der Waals surface area contributed by atoms with Crippen molar-refractivity contribution in [1.29, 1.82) is 0 Å². The van der Waals surface area contributed by atoms with Crippen molar-refractivity contribution in [1.82, 2.24) is 44.9 Å². The van der Waals surface area contributed by atoms with Gasteiger partial charge in [-0.1, -0.05) is 60.7 Å². The maximum Gasteiger partial charge on any atom is 0.261 e. The molecule has 0 atom stereocenters. The molecular formula is C98H76Cl2F8N12O2S3. The van der Waals surface area contributed by atoms with Crippen LogP contribution in [0.3, 0.4) is 0 Å². The second-order valence-electron chi connectivity index (χ2n) is 29.8. The summed E-state index contributed by atoms with van der Waals surface area (Å²) in [5.41, 5.74) is 20.3. The first kappa shape index (κ1) is 87.0. The van der Waals surface area contributed by atoms with Gasteiger partial charge in [-0.15, -0.1) is 58.8 Å². The molecule has 16 aromatic rings. The topological polar surface area (TPSA) is 186 Å². The molecule has 0 radical (unpaired) electrons. The Morgan fingerprint density at radius 3 is 1.14 bits per heavy atom. The van der Waals surface area contributed by atoms with Crippen LogP contribution >= 0.6 is 58.8 Å². The van der Waals surface area contributed by atoms with E-state index in [2.05, 4.69) is 88.3 Å². The van der Waals surface area contributed by atoms with Crippen LogP contribution in [-0.2, 0) is 70.9 Å². The third-order valence-electron chi connectivity index (χ3n) is 21.7. The highest BCUT2D eigenvalue weighted by atomic mass is 35.5. The van der Waals surface area contributed by atoms with Gasteiger partial charge < -0.3 is 16.0 Å². The van der Waals surface area contributed by atoms with Gasteiger partial charge in [-0.25, -0.2) is 50.1 Å². The number of benzene rings is 8. The Hall–Kier alpha value is -12.9. The summed E-state index contributed by atoms with van der Waals surface area (Å²) in [6.07, 6.45) is 26.8. The number of carbonyl (C=O) groups excluding carboxylic acids is 2. The van der Waals surface area contributed by atoms with Crippen molar-refractivity contribution in [2.45, 2.75) is 96.6 Å². The van der Waals surface area contributed by atoms with Gasteiger partial charge >= 0.3 is 0 Å². The number of nitrogens with zero attached hydrogens (tertiary/aromatic N) is 9. The summed E-state index contributed by atoms with van der Waals surface area (Å²) in [5.74, 6) is -7.10. The van der Waals surface area contributed by atoms with E-state index < -0.39 is 69.4 Å². The molecule has 0 saturated heterocycles. The fourth-order valence-corrected chi connectivity index (χ4v) is 18.9. The summed E-state index contributed by atoms with van der Waals surface area (Å²) in [6, 6.07) is 54.3. The number of rotatable bonds is 15. The van der Waals surface area contributed by atoms with Crippen LogP contribution in [-0.4, -0.2) is 56.5 Å². The minimum absolute atomic E-state index is 0. The van der Waals surface area contributed by atoms with Crippen LogP contribution in [0.25, 0.3) is 87.9 Å². The number of Topliss-reactive ketones (excluding diaryl/α,β-unsaturated/α-hetero) is 1. The summed E-state index contributed by atoms with van der Waals surface area (Å²) < 4.78 is 111. The van der Waals surface area contributed by atoms with E-state index in [1.54, 1.807) is 71.1 Å². The summed E-state index contributed by atoms with van der Waals surface area (Å²) in [5, 5.41) is 11.8. The lowest BCUT2D eigenvalue weighted by Gasteiger charge is -2.12. The number of ketones is 1. The first-order valence-corrected chi connectivity index (χ1v) is 42.6. The molecule has 8 aromatic heterocycles. The Kier molecular flexibility index (Phi) is 27.7. The molecular weight excluding hydrogens is 1700 g/mol. The van der Waals surface area contributed by atoms with E-state index in [1.807, 2.05) is 91.4 Å².